The van der Waals surface area contributed by atoms with Crippen molar-refractivity contribution in [1.82, 2.24) is 15.5 Å². The van der Waals surface area contributed by atoms with Gasteiger partial charge in [0.2, 0.25) is 5.91 Å². The van der Waals surface area contributed by atoms with Gasteiger partial charge in [-0.1, -0.05) is 18.2 Å². The normalized spacial score (nSPS) is 26.6. The van der Waals surface area contributed by atoms with Crippen molar-refractivity contribution in [1.29, 1.82) is 0 Å². The van der Waals surface area contributed by atoms with Crippen molar-refractivity contribution in [2.45, 2.75) is 44.7 Å². The number of para-hydroxylation sites is 1. The summed E-state index contributed by atoms with van der Waals surface area (Å²) in [4.78, 5) is 21.8. The monoisotopic (exact) mass is 369 g/mol. The molecule has 3 aliphatic rings. The predicted molar refractivity (Wildman–Crippen MR) is 109 cm³/mol. The van der Waals surface area contributed by atoms with E-state index in [0.29, 0.717) is 18.9 Å². The van der Waals surface area contributed by atoms with Crippen molar-refractivity contribution in [3.8, 4) is 0 Å². The molecule has 1 aromatic rings. The van der Waals surface area contributed by atoms with Crippen molar-refractivity contribution in [2.24, 2.45) is 10.9 Å². The van der Waals surface area contributed by atoms with E-state index < -0.39 is 0 Å². The molecule has 2 heterocycles. The first-order valence-electron chi connectivity index (χ1n) is 10.4. The third-order valence-corrected chi connectivity index (χ3v) is 5.77. The lowest BCUT2D eigenvalue weighted by Crippen LogP contribution is -2.45. The topological polar surface area (TPSA) is 60.0 Å². The van der Waals surface area contributed by atoms with Crippen LogP contribution < -0.4 is 15.5 Å². The van der Waals surface area contributed by atoms with Gasteiger partial charge in [0.25, 0.3) is 0 Å². The zero-order valence-electron chi connectivity index (χ0n) is 16.2. The molecule has 2 aliphatic heterocycles. The number of anilines is 1. The number of carbonyl (C=O) groups excluding carboxylic acids is 1. The predicted octanol–water partition coefficient (Wildman–Crippen LogP) is 1.83. The van der Waals surface area contributed by atoms with Gasteiger partial charge < -0.3 is 20.4 Å². The molecule has 1 aliphatic carbocycles. The van der Waals surface area contributed by atoms with Crippen molar-refractivity contribution in [3.05, 3.63) is 30.3 Å². The quantitative estimate of drug-likeness (QED) is 0.593. The molecule has 0 spiro atoms. The maximum atomic E-state index is 12.4. The number of rotatable bonds is 6. The molecule has 3 fully saturated rings. The summed E-state index contributed by atoms with van der Waals surface area (Å²) >= 11 is 0. The lowest BCUT2D eigenvalue weighted by molar-refractivity contribution is -0.117. The Hall–Kier alpha value is -2.08. The fourth-order valence-corrected chi connectivity index (χ4v) is 4.18. The summed E-state index contributed by atoms with van der Waals surface area (Å²) in [5, 5.41) is 6.82. The molecule has 0 radical (unpaired) electrons. The minimum Gasteiger partial charge on any atom is -0.357 e. The minimum absolute atomic E-state index is 0.0991. The largest absolute Gasteiger partial charge is 0.357 e. The molecule has 146 valence electrons. The molecule has 2 N–H and O–H groups in total. The summed E-state index contributed by atoms with van der Waals surface area (Å²) in [7, 11) is 0. The van der Waals surface area contributed by atoms with Crippen LogP contribution in [0.4, 0.5) is 5.69 Å². The van der Waals surface area contributed by atoms with E-state index in [0.717, 1.165) is 30.8 Å². The van der Waals surface area contributed by atoms with E-state index in [-0.39, 0.29) is 11.9 Å². The first kappa shape index (κ1) is 18.3. The van der Waals surface area contributed by atoms with Gasteiger partial charge in [0.1, 0.15) is 0 Å². The number of benzene rings is 1. The molecule has 6 nitrogen and oxygen atoms in total. The first-order valence-corrected chi connectivity index (χ1v) is 10.4. The van der Waals surface area contributed by atoms with Crippen molar-refractivity contribution < 1.29 is 4.79 Å². The van der Waals surface area contributed by atoms with Gasteiger partial charge >= 0.3 is 0 Å². The molecular weight excluding hydrogens is 338 g/mol. The molecule has 2 atom stereocenters. The smallest absolute Gasteiger partial charge is 0.229 e. The molecule has 1 aromatic carbocycles. The van der Waals surface area contributed by atoms with Gasteiger partial charge in [-0.05, 0) is 50.8 Å². The number of carbonyl (C=O) groups is 1. The standard InChI is InChI=1S/C21H31N5O/c1-2-22-21(23-13-16-10-11-25(14-16)18-8-9-18)24-17-12-20(27)26(15-17)19-6-4-3-5-7-19/h3-7,16-18H,2,8-15H2,1H3,(H2,22,23,24). The summed E-state index contributed by atoms with van der Waals surface area (Å²) < 4.78 is 0. The molecule has 2 saturated heterocycles. The number of hydrogen-bond acceptors (Lipinski definition) is 3. The molecule has 0 bridgehead atoms. The van der Waals surface area contributed by atoms with Crippen LogP contribution in [-0.4, -0.2) is 61.6 Å². The summed E-state index contributed by atoms with van der Waals surface area (Å²) in [6, 6.07) is 10.9. The summed E-state index contributed by atoms with van der Waals surface area (Å²) in [5.41, 5.74) is 0.972. The minimum atomic E-state index is 0.0991. The third kappa shape index (κ3) is 4.61. The molecule has 27 heavy (non-hydrogen) atoms. The van der Waals surface area contributed by atoms with E-state index in [1.54, 1.807) is 0 Å². The molecule has 1 amide bonds. The third-order valence-electron chi connectivity index (χ3n) is 5.77. The van der Waals surface area contributed by atoms with Gasteiger partial charge in [0, 0.05) is 44.3 Å². The lowest BCUT2D eigenvalue weighted by Gasteiger charge is -2.19. The van der Waals surface area contributed by atoms with Crippen LogP contribution >= 0.6 is 0 Å². The Morgan fingerprint density at radius 1 is 1.19 bits per heavy atom. The maximum absolute atomic E-state index is 12.4. The zero-order valence-corrected chi connectivity index (χ0v) is 16.2. The molecule has 6 heteroatoms. The number of nitrogens with one attached hydrogen (secondary N) is 2. The van der Waals surface area contributed by atoms with Crippen LogP contribution in [0.2, 0.25) is 0 Å². The van der Waals surface area contributed by atoms with E-state index in [1.807, 2.05) is 35.2 Å². The highest BCUT2D eigenvalue weighted by Crippen LogP contribution is 2.31. The Balaban J connectivity index is 1.32. The fourth-order valence-electron chi connectivity index (χ4n) is 4.18. The van der Waals surface area contributed by atoms with Gasteiger partial charge in [-0.2, -0.15) is 0 Å². The number of aliphatic imine (C=N–C) groups is 1. The number of amides is 1. The Morgan fingerprint density at radius 2 is 2.00 bits per heavy atom. The Kier molecular flexibility index (Phi) is 5.62. The van der Waals surface area contributed by atoms with E-state index in [1.165, 1.54) is 32.4 Å². The molecule has 4 rings (SSSR count). The van der Waals surface area contributed by atoms with E-state index in [2.05, 4.69) is 22.5 Å². The summed E-state index contributed by atoms with van der Waals surface area (Å²) in [6.07, 6.45) is 4.53. The zero-order chi connectivity index (χ0) is 18.6. The SMILES string of the molecule is CCNC(=NCC1CCN(C2CC2)C1)NC1CC(=O)N(c2ccccc2)C1. The Morgan fingerprint density at radius 3 is 2.74 bits per heavy atom. The molecule has 0 aromatic heterocycles. The van der Waals surface area contributed by atoms with Crippen LogP contribution in [0.3, 0.4) is 0 Å². The highest BCUT2D eigenvalue weighted by molar-refractivity contribution is 5.97. The number of nitrogens with zero attached hydrogens (tertiary/aromatic N) is 3. The average Bonchev–Trinajstić information content (AvgIpc) is 3.31. The van der Waals surface area contributed by atoms with Crippen molar-refractivity contribution >= 4 is 17.6 Å². The summed E-state index contributed by atoms with van der Waals surface area (Å²) in [6.45, 7) is 6.88. The second kappa shape index (κ2) is 8.30. The number of guanidine groups is 1. The van der Waals surface area contributed by atoms with Gasteiger partial charge in [-0.25, -0.2) is 0 Å². The van der Waals surface area contributed by atoms with Crippen LogP contribution in [0.25, 0.3) is 0 Å². The molecular formula is C21H31N5O. The van der Waals surface area contributed by atoms with Crippen molar-refractivity contribution in [2.75, 3.05) is 37.6 Å². The number of likely N-dealkylation sites (tertiary alicyclic amines) is 1. The van der Waals surface area contributed by atoms with Crippen molar-refractivity contribution in [3.63, 3.8) is 0 Å². The van der Waals surface area contributed by atoms with E-state index >= 15 is 0 Å². The Labute approximate surface area is 162 Å². The fraction of sp³-hybridized carbons (Fsp3) is 0.619. The van der Waals surface area contributed by atoms with Crippen LogP contribution in [0.1, 0.15) is 32.6 Å². The van der Waals surface area contributed by atoms with Gasteiger partial charge in [-0.3, -0.25) is 9.79 Å². The van der Waals surface area contributed by atoms with Crippen LogP contribution in [0, 0.1) is 5.92 Å². The lowest BCUT2D eigenvalue weighted by atomic mass is 10.1. The first-order chi connectivity index (χ1) is 13.2. The molecule has 1 saturated carbocycles. The van der Waals surface area contributed by atoms with Crippen LogP contribution in [-0.2, 0) is 4.79 Å². The molecule has 2 unspecified atom stereocenters. The second-order valence-electron chi connectivity index (χ2n) is 7.99. The van der Waals surface area contributed by atoms with Crippen LogP contribution in [0.15, 0.2) is 35.3 Å². The van der Waals surface area contributed by atoms with Gasteiger partial charge in [0.15, 0.2) is 5.96 Å². The highest BCUT2D eigenvalue weighted by atomic mass is 16.2. The summed E-state index contributed by atoms with van der Waals surface area (Å²) in [5.74, 6) is 1.67. The number of hydrogen-bond donors (Lipinski definition) is 2. The highest BCUT2D eigenvalue weighted by Gasteiger charge is 2.34. The Bertz CT molecular complexity index is 672. The maximum Gasteiger partial charge on any atom is 0.229 e. The van der Waals surface area contributed by atoms with E-state index in [4.69, 9.17) is 4.99 Å². The van der Waals surface area contributed by atoms with Gasteiger partial charge in [0.05, 0.1) is 6.04 Å². The average molecular weight is 370 g/mol. The van der Waals surface area contributed by atoms with Crippen LogP contribution in [0.5, 0.6) is 0 Å². The van der Waals surface area contributed by atoms with E-state index in [9.17, 15) is 4.79 Å². The van der Waals surface area contributed by atoms with Gasteiger partial charge in [-0.15, -0.1) is 0 Å². The second-order valence-corrected chi connectivity index (χ2v) is 7.99.